The molecule has 2 aromatic heterocycles. The molecule has 10 heteroatoms. The van der Waals surface area contributed by atoms with E-state index in [1.807, 2.05) is 31.2 Å². The highest BCUT2D eigenvalue weighted by molar-refractivity contribution is 5.83. The molecule has 2 atom stereocenters. The number of aromatic amines is 1. The SMILES string of the molecule is Cc1cc(C)c2cc(C(c3nnnn3CC3CCCO3)N3CCN(c4ccc(F)cc4)CC3)c(=O)[nH]c2c1. The fraction of sp³-hybridized carbons (Fsp3) is 0.429. The summed E-state index contributed by atoms with van der Waals surface area (Å²) in [5.74, 6) is 0.400. The number of aryl methyl sites for hydroxylation is 2. The van der Waals surface area contributed by atoms with Crippen LogP contribution < -0.4 is 10.5 Å². The van der Waals surface area contributed by atoms with Crippen molar-refractivity contribution in [1.82, 2.24) is 30.1 Å². The molecule has 2 aliphatic heterocycles. The van der Waals surface area contributed by atoms with Crippen LogP contribution in [0.5, 0.6) is 0 Å². The van der Waals surface area contributed by atoms with Crippen molar-refractivity contribution in [3.63, 3.8) is 0 Å². The van der Waals surface area contributed by atoms with Crippen molar-refractivity contribution in [1.29, 1.82) is 0 Å². The average Bonchev–Trinajstić information content (AvgIpc) is 3.59. The van der Waals surface area contributed by atoms with Gasteiger partial charge in [0.05, 0.1) is 12.6 Å². The summed E-state index contributed by atoms with van der Waals surface area (Å²) in [5.41, 5.74) is 4.52. The number of nitrogens with zero attached hydrogens (tertiary/aromatic N) is 6. The fourth-order valence-corrected chi connectivity index (χ4v) is 5.80. The summed E-state index contributed by atoms with van der Waals surface area (Å²) < 4.78 is 21.1. The van der Waals surface area contributed by atoms with E-state index >= 15 is 0 Å². The number of hydrogen-bond donors (Lipinski definition) is 1. The summed E-state index contributed by atoms with van der Waals surface area (Å²) in [6.45, 7) is 8.26. The van der Waals surface area contributed by atoms with Crippen LogP contribution in [0.4, 0.5) is 10.1 Å². The second-order valence-electron chi connectivity index (χ2n) is 10.4. The highest BCUT2D eigenvalue weighted by Gasteiger charge is 2.33. The zero-order valence-corrected chi connectivity index (χ0v) is 21.7. The Morgan fingerprint density at radius 3 is 2.63 bits per heavy atom. The van der Waals surface area contributed by atoms with Gasteiger partial charge in [-0.05, 0) is 84.6 Å². The lowest BCUT2D eigenvalue weighted by atomic mass is 9.99. The number of tetrazole rings is 1. The van der Waals surface area contributed by atoms with Gasteiger partial charge in [0.1, 0.15) is 11.9 Å². The molecule has 4 aromatic rings. The number of H-pyrrole nitrogens is 1. The summed E-state index contributed by atoms with van der Waals surface area (Å²) in [5, 5.41) is 13.8. The zero-order chi connectivity index (χ0) is 26.2. The molecule has 198 valence electrons. The molecule has 2 fully saturated rings. The van der Waals surface area contributed by atoms with Crippen LogP contribution in [0.1, 0.15) is 41.4 Å². The number of piperazine rings is 1. The van der Waals surface area contributed by atoms with E-state index in [0.717, 1.165) is 60.3 Å². The van der Waals surface area contributed by atoms with E-state index in [1.54, 1.807) is 4.68 Å². The van der Waals surface area contributed by atoms with E-state index in [0.29, 0.717) is 31.0 Å². The molecule has 9 nitrogen and oxygen atoms in total. The number of ether oxygens (including phenoxy) is 1. The second kappa shape index (κ2) is 10.3. The molecule has 0 radical (unpaired) electrons. The topological polar surface area (TPSA) is 92.2 Å². The largest absolute Gasteiger partial charge is 0.376 e. The number of hydrogen-bond acceptors (Lipinski definition) is 7. The van der Waals surface area contributed by atoms with Gasteiger partial charge in [0.25, 0.3) is 5.56 Å². The van der Waals surface area contributed by atoms with Crippen molar-refractivity contribution >= 4 is 16.6 Å². The monoisotopic (exact) mass is 517 g/mol. The molecule has 4 heterocycles. The van der Waals surface area contributed by atoms with Crippen LogP contribution in [0.25, 0.3) is 10.9 Å². The highest BCUT2D eigenvalue weighted by Crippen LogP contribution is 2.30. The van der Waals surface area contributed by atoms with Gasteiger partial charge in [0, 0.05) is 54.9 Å². The maximum atomic E-state index is 13.6. The van der Waals surface area contributed by atoms with Gasteiger partial charge in [0.2, 0.25) is 0 Å². The molecular formula is C28H32FN7O2. The van der Waals surface area contributed by atoms with E-state index in [9.17, 15) is 9.18 Å². The predicted molar refractivity (Wildman–Crippen MR) is 143 cm³/mol. The van der Waals surface area contributed by atoms with Crippen LogP contribution in [0.15, 0.2) is 47.3 Å². The van der Waals surface area contributed by atoms with E-state index in [1.165, 1.54) is 12.1 Å². The maximum Gasteiger partial charge on any atom is 0.253 e. The van der Waals surface area contributed by atoms with Crippen LogP contribution in [0, 0.1) is 19.7 Å². The van der Waals surface area contributed by atoms with Crippen molar-refractivity contribution in [3.05, 3.63) is 81.2 Å². The molecule has 1 N–H and O–H groups in total. The van der Waals surface area contributed by atoms with Gasteiger partial charge >= 0.3 is 0 Å². The van der Waals surface area contributed by atoms with Crippen LogP contribution in [-0.4, -0.2) is 69.0 Å². The number of anilines is 1. The first-order valence-electron chi connectivity index (χ1n) is 13.2. The third-order valence-corrected chi connectivity index (χ3v) is 7.71. The van der Waals surface area contributed by atoms with Crippen molar-refractivity contribution in [3.8, 4) is 0 Å². The first-order valence-corrected chi connectivity index (χ1v) is 13.2. The van der Waals surface area contributed by atoms with Gasteiger partial charge in [-0.2, -0.15) is 0 Å². The highest BCUT2D eigenvalue weighted by atomic mass is 19.1. The number of aromatic nitrogens is 5. The second-order valence-corrected chi connectivity index (χ2v) is 10.4. The van der Waals surface area contributed by atoms with Gasteiger partial charge in [-0.3, -0.25) is 9.69 Å². The summed E-state index contributed by atoms with van der Waals surface area (Å²) in [7, 11) is 0. The summed E-state index contributed by atoms with van der Waals surface area (Å²) >= 11 is 0. The first kappa shape index (κ1) is 24.7. The smallest absolute Gasteiger partial charge is 0.253 e. The molecule has 38 heavy (non-hydrogen) atoms. The van der Waals surface area contributed by atoms with Crippen LogP contribution in [-0.2, 0) is 11.3 Å². The van der Waals surface area contributed by atoms with E-state index in [-0.39, 0.29) is 17.5 Å². The Labute approximate surface area is 220 Å². The van der Waals surface area contributed by atoms with Gasteiger partial charge in [0.15, 0.2) is 5.82 Å². The quantitative estimate of drug-likeness (QED) is 0.419. The minimum atomic E-state index is -0.421. The molecular weight excluding hydrogens is 485 g/mol. The van der Waals surface area contributed by atoms with Crippen LogP contribution in [0.3, 0.4) is 0 Å². The Bertz CT molecular complexity index is 1490. The van der Waals surface area contributed by atoms with Gasteiger partial charge in [-0.15, -0.1) is 5.10 Å². The van der Waals surface area contributed by atoms with Crippen molar-refractivity contribution < 1.29 is 9.13 Å². The van der Waals surface area contributed by atoms with Gasteiger partial charge < -0.3 is 14.6 Å². The fourth-order valence-electron chi connectivity index (χ4n) is 5.80. The molecule has 0 bridgehead atoms. The summed E-state index contributed by atoms with van der Waals surface area (Å²) in [4.78, 5) is 21.2. The third-order valence-electron chi connectivity index (χ3n) is 7.71. The molecule has 0 spiro atoms. The molecule has 2 unspecified atom stereocenters. The van der Waals surface area contributed by atoms with Crippen molar-refractivity contribution in [2.45, 2.75) is 45.4 Å². The van der Waals surface area contributed by atoms with E-state index < -0.39 is 6.04 Å². The number of benzene rings is 2. The number of fused-ring (bicyclic) bond motifs is 1. The van der Waals surface area contributed by atoms with Crippen LogP contribution >= 0.6 is 0 Å². The lowest BCUT2D eigenvalue weighted by Gasteiger charge is -2.39. The Kier molecular flexibility index (Phi) is 6.67. The normalized spacial score (nSPS) is 19.3. The lowest BCUT2D eigenvalue weighted by molar-refractivity contribution is 0.0906. The lowest BCUT2D eigenvalue weighted by Crippen LogP contribution is -2.49. The first-order chi connectivity index (χ1) is 18.5. The molecule has 0 saturated carbocycles. The Morgan fingerprint density at radius 1 is 1.11 bits per heavy atom. The standard InChI is InChI=1S/C28H32FN7O2/c1-18-14-19(2)23-16-24(28(37)30-25(23)15-18)26(27-31-32-33-36(27)17-22-4-3-13-38-22)35-11-9-34(10-12-35)21-7-5-20(29)6-8-21/h5-8,14-16,22,26H,3-4,9-13,17H2,1-2H3,(H,30,37). The Morgan fingerprint density at radius 2 is 1.89 bits per heavy atom. The predicted octanol–water partition coefficient (Wildman–Crippen LogP) is 3.36. The van der Waals surface area contributed by atoms with Crippen molar-refractivity contribution in [2.24, 2.45) is 0 Å². The number of halogens is 1. The molecule has 0 aliphatic carbocycles. The molecule has 0 amide bonds. The third kappa shape index (κ3) is 4.81. The van der Waals surface area contributed by atoms with E-state index in [2.05, 4.69) is 43.3 Å². The molecule has 2 aromatic carbocycles. The minimum absolute atomic E-state index is 0.0633. The van der Waals surface area contributed by atoms with Gasteiger partial charge in [-0.25, -0.2) is 9.07 Å². The number of pyridine rings is 1. The van der Waals surface area contributed by atoms with Gasteiger partial charge in [-0.1, -0.05) is 6.07 Å². The average molecular weight is 518 g/mol. The maximum absolute atomic E-state index is 13.6. The number of nitrogens with one attached hydrogen (secondary N) is 1. The number of rotatable bonds is 6. The minimum Gasteiger partial charge on any atom is -0.376 e. The molecule has 6 rings (SSSR count). The summed E-state index contributed by atoms with van der Waals surface area (Å²) in [6.07, 6.45) is 2.06. The summed E-state index contributed by atoms with van der Waals surface area (Å²) in [6, 6.07) is 12.3. The molecule has 2 saturated heterocycles. The Balaban J connectivity index is 1.38. The Hall–Kier alpha value is -3.63. The van der Waals surface area contributed by atoms with E-state index in [4.69, 9.17) is 4.74 Å². The van der Waals surface area contributed by atoms with Crippen LogP contribution in [0.2, 0.25) is 0 Å². The zero-order valence-electron chi connectivity index (χ0n) is 21.7. The van der Waals surface area contributed by atoms with Crippen molar-refractivity contribution in [2.75, 3.05) is 37.7 Å². The molecule has 2 aliphatic rings.